The molecular formula is C16H20N4O4S2. The van der Waals surface area contributed by atoms with Crippen molar-refractivity contribution in [3.63, 3.8) is 0 Å². The topological polar surface area (TPSA) is 102 Å². The molecule has 0 aliphatic carbocycles. The van der Waals surface area contributed by atoms with Crippen molar-refractivity contribution in [2.45, 2.75) is 30.7 Å². The predicted molar refractivity (Wildman–Crippen MR) is 102 cm³/mol. The molecule has 0 saturated heterocycles. The van der Waals surface area contributed by atoms with E-state index in [0.717, 1.165) is 4.34 Å². The number of methoxy groups -OCH3 is 1. The molecule has 1 heterocycles. The number of carbonyl (C=O) groups excluding carboxylic acids is 2. The van der Waals surface area contributed by atoms with Crippen LogP contribution >= 0.6 is 23.1 Å². The van der Waals surface area contributed by atoms with Crippen LogP contribution in [-0.2, 0) is 9.53 Å². The third-order valence-electron chi connectivity index (χ3n) is 2.79. The number of amides is 2. The summed E-state index contributed by atoms with van der Waals surface area (Å²) in [6, 6.07) is 4.95. The van der Waals surface area contributed by atoms with Gasteiger partial charge in [-0.25, -0.2) is 4.79 Å². The third-order valence-corrected chi connectivity index (χ3v) is 4.65. The number of nitrogens with one attached hydrogen (secondary N) is 2. The molecule has 0 radical (unpaired) electrons. The standard InChI is InChI=1S/C16H20N4O4S2/c1-16(2,3)24-14(22)19-11-7-10(5-6-12(11)23-4)18-13(21)8-25-15-20-17-9-26-15/h5-7,9H,8H2,1-4H3,(H,18,21)(H,19,22). The van der Waals surface area contributed by atoms with Gasteiger partial charge in [0.2, 0.25) is 5.91 Å². The second-order valence-electron chi connectivity index (χ2n) is 6.08. The molecule has 10 heteroatoms. The molecule has 2 amide bonds. The number of nitrogens with zero attached hydrogens (tertiary/aromatic N) is 2. The van der Waals surface area contributed by atoms with Gasteiger partial charge in [0, 0.05) is 5.69 Å². The van der Waals surface area contributed by atoms with Gasteiger partial charge in [0.25, 0.3) is 0 Å². The largest absolute Gasteiger partial charge is 0.495 e. The lowest BCUT2D eigenvalue weighted by Gasteiger charge is -2.20. The van der Waals surface area contributed by atoms with Crippen molar-refractivity contribution in [2.24, 2.45) is 0 Å². The Hall–Kier alpha value is -2.33. The van der Waals surface area contributed by atoms with E-state index in [1.54, 1.807) is 44.5 Å². The molecule has 0 spiro atoms. The SMILES string of the molecule is COc1ccc(NC(=O)CSc2nncs2)cc1NC(=O)OC(C)(C)C. The molecule has 2 aromatic rings. The molecule has 1 aromatic carbocycles. The van der Waals surface area contributed by atoms with Crippen molar-refractivity contribution in [3.05, 3.63) is 23.7 Å². The summed E-state index contributed by atoms with van der Waals surface area (Å²) < 4.78 is 11.2. The van der Waals surface area contributed by atoms with Crippen LogP contribution in [0.4, 0.5) is 16.2 Å². The quantitative estimate of drug-likeness (QED) is 0.719. The van der Waals surface area contributed by atoms with E-state index in [1.165, 1.54) is 30.2 Å². The number of hydrogen-bond donors (Lipinski definition) is 2. The van der Waals surface area contributed by atoms with E-state index >= 15 is 0 Å². The first-order valence-corrected chi connectivity index (χ1v) is 9.50. The fourth-order valence-electron chi connectivity index (χ4n) is 1.85. The van der Waals surface area contributed by atoms with Gasteiger partial charge in [0.05, 0.1) is 18.6 Å². The molecule has 0 atom stereocenters. The van der Waals surface area contributed by atoms with Gasteiger partial charge in [0.15, 0.2) is 4.34 Å². The van der Waals surface area contributed by atoms with Gasteiger partial charge in [-0.15, -0.1) is 10.2 Å². The zero-order valence-electron chi connectivity index (χ0n) is 14.9. The maximum Gasteiger partial charge on any atom is 0.412 e. The van der Waals surface area contributed by atoms with Crippen LogP contribution in [0.5, 0.6) is 5.75 Å². The molecule has 0 saturated carbocycles. The van der Waals surface area contributed by atoms with Crippen LogP contribution in [-0.4, -0.2) is 40.7 Å². The van der Waals surface area contributed by atoms with Crippen LogP contribution in [0.2, 0.25) is 0 Å². The second-order valence-corrected chi connectivity index (χ2v) is 8.14. The number of rotatable bonds is 6. The minimum absolute atomic E-state index is 0.196. The Labute approximate surface area is 159 Å². The van der Waals surface area contributed by atoms with E-state index in [0.29, 0.717) is 17.1 Å². The Kier molecular flexibility index (Phi) is 6.81. The first kappa shape index (κ1) is 20.0. The highest BCUT2D eigenvalue weighted by molar-refractivity contribution is 8.01. The van der Waals surface area contributed by atoms with Gasteiger partial charge < -0.3 is 14.8 Å². The summed E-state index contributed by atoms with van der Waals surface area (Å²) in [5.74, 6) is 0.464. The van der Waals surface area contributed by atoms with Gasteiger partial charge in [-0.3, -0.25) is 10.1 Å². The minimum atomic E-state index is -0.620. The Morgan fingerprint density at radius 2 is 2.04 bits per heavy atom. The highest BCUT2D eigenvalue weighted by Gasteiger charge is 2.18. The number of carbonyl (C=O) groups is 2. The van der Waals surface area contributed by atoms with Gasteiger partial charge in [-0.2, -0.15) is 0 Å². The number of thioether (sulfide) groups is 1. The summed E-state index contributed by atoms with van der Waals surface area (Å²) in [5.41, 5.74) is 1.92. The lowest BCUT2D eigenvalue weighted by Crippen LogP contribution is -2.27. The lowest BCUT2D eigenvalue weighted by molar-refractivity contribution is -0.113. The number of benzene rings is 1. The van der Waals surface area contributed by atoms with Crippen molar-refractivity contribution in [1.82, 2.24) is 10.2 Å². The number of anilines is 2. The third kappa shape index (κ3) is 6.52. The second kappa shape index (κ2) is 8.86. The van der Waals surface area contributed by atoms with Crippen LogP contribution in [0.1, 0.15) is 20.8 Å². The smallest absolute Gasteiger partial charge is 0.412 e. The molecule has 0 aliphatic heterocycles. The predicted octanol–water partition coefficient (Wildman–Crippen LogP) is 3.62. The fraction of sp³-hybridized carbons (Fsp3) is 0.375. The number of hydrogen-bond acceptors (Lipinski definition) is 8. The van der Waals surface area contributed by atoms with E-state index < -0.39 is 11.7 Å². The highest BCUT2D eigenvalue weighted by atomic mass is 32.2. The zero-order chi connectivity index (χ0) is 19.2. The highest BCUT2D eigenvalue weighted by Crippen LogP contribution is 2.28. The van der Waals surface area contributed by atoms with Gasteiger partial charge in [0.1, 0.15) is 16.9 Å². The van der Waals surface area contributed by atoms with Crippen molar-refractivity contribution >= 4 is 46.5 Å². The summed E-state index contributed by atoms with van der Waals surface area (Å²) in [6.07, 6.45) is -0.605. The van der Waals surface area contributed by atoms with E-state index in [-0.39, 0.29) is 11.7 Å². The Morgan fingerprint density at radius 1 is 1.27 bits per heavy atom. The molecule has 2 N–H and O–H groups in total. The normalized spacial score (nSPS) is 10.9. The first-order valence-electron chi connectivity index (χ1n) is 7.63. The Balaban J connectivity index is 2.00. The average Bonchev–Trinajstić information content (AvgIpc) is 3.05. The van der Waals surface area contributed by atoms with Crippen LogP contribution in [0, 0.1) is 0 Å². The molecule has 0 fully saturated rings. The summed E-state index contributed by atoms with van der Waals surface area (Å²) in [4.78, 5) is 24.0. The molecule has 0 bridgehead atoms. The summed E-state index contributed by atoms with van der Waals surface area (Å²) >= 11 is 2.67. The molecule has 140 valence electrons. The number of ether oxygens (including phenoxy) is 2. The van der Waals surface area contributed by atoms with E-state index in [2.05, 4.69) is 20.8 Å². The summed E-state index contributed by atoms with van der Waals surface area (Å²) in [7, 11) is 1.49. The molecule has 1 aromatic heterocycles. The van der Waals surface area contributed by atoms with Gasteiger partial charge >= 0.3 is 6.09 Å². The molecule has 0 unspecified atom stereocenters. The van der Waals surface area contributed by atoms with Gasteiger partial charge in [-0.05, 0) is 39.0 Å². The van der Waals surface area contributed by atoms with E-state index in [1.807, 2.05) is 0 Å². The summed E-state index contributed by atoms with van der Waals surface area (Å²) in [6.45, 7) is 5.32. The Morgan fingerprint density at radius 3 is 2.65 bits per heavy atom. The minimum Gasteiger partial charge on any atom is -0.495 e. The summed E-state index contributed by atoms with van der Waals surface area (Å²) in [5, 5.41) is 13.0. The monoisotopic (exact) mass is 396 g/mol. The molecule has 2 rings (SSSR count). The van der Waals surface area contributed by atoms with E-state index in [9.17, 15) is 9.59 Å². The van der Waals surface area contributed by atoms with Crippen LogP contribution in [0.3, 0.4) is 0 Å². The fourth-order valence-corrected chi connectivity index (χ4v) is 3.14. The molecular weight excluding hydrogens is 376 g/mol. The maximum atomic E-state index is 12.1. The average molecular weight is 396 g/mol. The Bertz CT molecular complexity index is 760. The van der Waals surface area contributed by atoms with Gasteiger partial charge in [-0.1, -0.05) is 23.1 Å². The number of aromatic nitrogens is 2. The maximum absolute atomic E-state index is 12.1. The zero-order valence-corrected chi connectivity index (χ0v) is 16.5. The first-order chi connectivity index (χ1) is 12.3. The van der Waals surface area contributed by atoms with E-state index in [4.69, 9.17) is 9.47 Å². The van der Waals surface area contributed by atoms with Crippen molar-refractivity contribution < 1.29 is 19.1 Å². The van der Waals surface area contributed by atoms with Crippen LogP contribution < -0.4 is 15.4 Å². The molecule has 0 aliphatic rings. The van der Waals surface area contributed by atoms with Crippen molar-refractivity contribution in [2.75, 3.05) is 23.5 Å². The molecule has 26 heavy (non-hydrogen) atoms. The lowest BCUT2D eigenvalue weighted by atomic mass is 10.2. The van der Waals surface area contributed by atoms with Crippen molar-refractivity contribution in [1.29, 1.82) is 0 Å². The molecule has 8 nitrogen and oxygen atoms in total. The van der Waals surface area contributed by atoms with Crippen LogP contribution in [0.25, 0.3) is 0 Å². The van der Waals surface area contributed by atoms with Crippen molar-refractivity contribution in [3.8, 4) is 5.75 Å². The van der Waals surface area contributed by atoms with Crippen LogP contribution in [0.15, 0.2) is 28.0 Å².